The molecule has 3 aromatic heterocycles. The summed E-state index contributed by atoms with van der Waals surface area (Å²) in [6, 6.07) is 7.04. The van der Waals surface area contributed by atoms with Crippen molar-refractivity contribution >= 4 is 5.78 Å². The van der Waals surface area contributed by atoms with E-state index >= 15 is 0 Å². The average molecular weight is 364 g/mol. The summed E-state index contributed by atoms with van der Waals surface area (Å²) in [5.41, 5.74) is 1.79. The second-order valence-electron chi connectivity index (χ2n) is 6.38. The maximum absolute atomic E-state index is 13.3. The molecule has 0 aliphatic rings. The third-order valence-electron chi connectivity index (χ3n) is 4.28. The zero-order chi connectivity index (χ0) is 19.6. The SMILES string of the molecule is CCc1c(C(=O)c2cc(C)cc(C)n2)n(Cc2ccncc2)c(=O)[nH]c1=O. The van der Waals surface area contributed by atoms with Crippen molar-refractivity contribution in [3.05, 3.63) is 91.3 Å². The molecule has 0 amide bonds. The topological polar surface area (TPSA) is 97.7 Å². The number of carbonyl (C=O) groups excluding carboxylic acids is 1. The standard InChI is InChI=1S/C20H20N4O3/c1-4-15-17(18(25)16-10-12(2)9-13(3)22-16)24(20(27)23-19(15)26)11-14-5-7-21-8-6-14/h5-10H,4,11H2,1-3H3,(H,23,26,27). The Balaban J connectivity index is 2.24. The quantitative estimate of drug-likeness (QED) is 0.696. The van der Waals surface area contributed by atoms with E-state index in [4.69, 9.17) is 0 Å². The Morgan fingerprint density at radius 3 is 2.48 bits per heavy atom. The number of carbonyl (C=O) groups is 1. The van der Waals surface area contributed by atoms with Crippen molar-refractivity contribution in [1.82, 2.24) is 19.5 Å². The van der Waals surface area contributed by atoms with Crippen LogP contribution in [-0.4, -0.2) is 25.3 Å². The highest BCUT2D eigenvalue weighted by Crippen LogP contribution is 2.14. The van der Waals surface area contributed by atoms with Crippen molar-refractivity contribution in [3.8, 4) is 0 Å². The molecule has 0 fully saturated rings. The van der Waals surface area contributed by atoms with Crippen LogP contribution in [0.25, 0.3) is 0 Å². The summed E-state index contributed by atoms with van der Waals surface area (Å²) in [4.78, 5) is 48.7. The number of nitrogens with zero attached hydrogens (tertiary/aromatic N) is 3. The lowest BCUT2D eigenvalue weighted by atomic mass is 10.0. The van der Waals surface area contributed by atoms with Crippen molar-refractivity contribution in [3.63, 3.8) is 0 Å². The van der Waals surface area contributed by atoms with Crippen LogP contribution in [-0.2, 0) is 13.0 Å². The molecule has 0 saturated carbocycles. The fraction of sp³-hybridized carbons (Fsp3) is 0.250. The first kappa shape index (κ1) is 18.4. The molecule has 3 aromatic rings. The van der Waals surface area contributed by atoms with Gasteiger partial charge in [-0.25, -0.2) is 9.78 Å². The van der Waals surface area contributed by atoms with Gasteiger partial charge < -0.3 is 0 Å². The van der Waals surface area contributed by atoms with Crippen molar-refractivity contribution in [2.75, 3.05) is 0 Å². The minimum absolute atomic E-state index is 0.0839. The van der Waals surface area contributed by atoms with Gasteiger partial charge in [0, 0.05) is 23.7 Å². The van der Waals surface area contributed by atoms with Gasteiger partial charge in [-0.1, -0.05) is 6.92 Å². The number of pyridine rings is 2. The summed E-state index contributed by atoms with van der Waals surface area (Å²) in [5, 5.41) is 0. The summed E-state index contributed by atoms with van der Waals surface area (Å²) >= 11 is 0. The number of aromatic amines is 1. The van der Waals surface area contributed by atoms with Crippen molar-refractivity contribution in [1.29, 1.82) is 0 Å². The van der Waals surface area contributed by atoms with Gasteiger partial charge in [-0.15, -0.1) is 0 Å². The molecule has 3 heterocycles. The van der Waals surface area contributed by atoms with E-state index in [2.05, 4.69) is 15.0 Å². The Hall–Kier alpha value is -3.35. The maximum Gasteiger partial charge on any atom is 0.329 e. The molecule has 3 rings (SSSR count). The zero-order valence-electron chi connectivity index (χ0n) is 15.4. The smallest absolute Gasteiger partial charge is 0.285 e. The Morgan fingerprint density at radius 1 is 1.15 bits per heavy atom. The first-order valence-corrected chi connectivity index (χ1v) is 8.65. The van der Waals surface area contributed by atoms with E-state index in [-0.39, 0.29) is 23.5 Å². The van der Waals surface area contributed by atoms with E-state index < -0.39 is 17.0 Å². The third-order valence-corrected chi connectivity index (χ3v) is 4.28. The van der Waals surface area contributed by atoms with Gasteiger partial charge in [-0.3, -0.25) is 24.1 Å². The third kappa shape index (κ3) is 3.76. The minimum atomic E-state index is -0.623. The van der Waals surface area contributed by atoms with Gasteiger partial charge in [-0.2, -0.15) is 0 Å². The van der Waals surface area contributed by atoms with Gasteiger partial charge in [0.1, 0.15) is 11.4 Å². The minimum Gasteiger partial charge on any atom is -0.285 e. The molecule has 0 radical (unpaired) electrons. The van der Waals surface area contributed by atoms with Crippen LogP contribution in [0.5, 0.6) is 0 Å². The highest BCUT2D eigenvalue weighted by atomic mass is 16.2. The number of rotatable bonds is 5. The van der Waals surface area contributed by atoms with E-state index in [1.807, 2.05) is 13.0 Å². The van der Waals surface area contributed by atoms with Crippen molar-refractivity contribution in [2.45, 2.75) is 33.7 Å². The molecule has 0 atom stereocenters. The molecule has 0 unspecified atom stereocenters. The molecule has 7 nitrogen and oxygen atoms in total. The Labute approximate surface area is 155 Å². The highest BCUT2D eigenvalue weighted by Gasteiger charge is 2.23. The zero-order valence-corrected chi connectivity index (χ0v) is 15.4. The number of aryl methyl sites for hydroxylation is 2. The molecule has 7 heteroatoms. The fourth-order valence-corrected chi connectivity index (χ4v) is 3.10. The van der Waals surface area contributed by atoms with Gasteiger partial charge >= 0.3 is 5.69 Å². The molecule has 138 valence electrons. The van der Waals surface area contributed by atoms with Crippen LogP contribution < -0.4 is 11.2 Å². The highest BCUT2D eigenvalue weighted by molar-refractivity contribution is 6.07. The first-order chi connectivity index (χ1) is 12.9. The number of aromatic nitrogens is 4. The first-order valence-electron chi connectivity index (χ1n) is 8.65. The molecule has 0 aliphatic heterocycles. The van der Waals surface area contributed by atoms with Crippen LogP contribution in [0.15, 0.2) is 46.2 Å². The second-order valence-corrected chi connectivity index (χ2v) is 6.38. The van der Waals surface area contributed by atoms with Crippen LogP contribution in [0.1, 0.15) is 45.5 Å². The molecular formula is C20H20N4O3. The monoisotopic (exact) mass is 364 g/mol. The van der Waals surface area contributed by atoms with Crippen molar-refractivity contribution in [2.24, 2.45) is 0 Å². The van der Waals surface area contributed by atoms with Crippen molar-refractivity contribution < 1.29 is 4.79 Å². The average Bonchev–Trinajstić information content (AvgIpc) is 2.63. The van der Waals surface area contributed by atoms with Gasteiger partial charge in [0.05, 0.1) is 6.54 Å². The molecule has 27 heavy (non-hydrogen) atoms. The normalized spacial score (nSPS) is 10.8. The van der Waals surface area contributed by atoms with Crippen LogP contribution >= 0.6 is 0 Å². The molecule has 0 bridgehead atoms. The number of ketones is 1. The van der Waals surface area contributed by atoms with E-state index in [0.717, 1.165) is 11.1 Å². The van der Waals surface area contributed by atoms with Crippen LogP contribution in [0.2, 0.25) is 0 Å². The summed E-state index contributed by atoms with van der Waals surface area (Å²) in [6.07, 6.45) is 3.54. The Bertz CT molecular complexity index is 1090. The molecule has 1 N–H and O–H groups in total. The predicted octanol–water partition coefficient (Wildman–Crippen LogP) is 1.79. The van der Waals surface area contributed by atoms with Crippen LogP contribution in [0, 0.1) is 13.8 Å². The van der Waals surface area contributed by atoms with Gasteiger partial charge in [0.25, 0.3) is 5.56 Å². The second kappa shape index (κ2) is 7.49. The maximum atomic E-state index is 13.3. The number of H-pyrrole nitrogens is 1. The molecule has 0 aromatic carbocycles. The predicted molar refractivity (Wildman–Crippen MR) is 101 cm³/mol. The van der Waals surface area contributed by atoms with Gasteiger partial charge in [-0.05, 0) is 55.7 Å². The molecule has 0 spiro atoms. The molecule has 0 aliphatic carbocycles. The van der Waals surface area contributed by atoms with E-state index in [1.165, 1.54) is 4.57 Å². The van der Waals surface area contributed by atoms with Crippen LogP contribution in [0.4, 0.5) is 0 Å². The fourth-order valence-electron chi connectivity index (χ4n) is 3.10. The van der Waals surface area contributed by atoms with Gasteiger partial charge in [0.15, 0.2) is 0 Å². The van der Waals surface area contributed by atoms with Gasteiger partial charge in [0.2, 0.25) is 5.78 Å². The Morgan fingerprint density at radius 2 is 1.85 bits per heavy atom. The lowest BCUT2D eigenvalue weighted by molar-refractivity contribution is 0.102. The van der Waals surface area contributed by atoms with E-state index in [0.29, 0.717) is 12.1 Å². The Kier molecular flexibility index (Phi) is 5.12. The lowest BCUT2D eigenvalue weighted by Crippen LogP contribution is -2.37. The van der Waals surface area contributed by atoms with E-state index in [1.54, 1.807) is 44.4 Å². The number of hydrogen-bond acceptors (Lipinski definition) is 5. The number of hydrogen-bond donors (Lipinski definition) is 1. The van der Waals surface area contributed by atoms with E-state index in [9.17, 15) is 14.4 Å². The lowest BCUT2D eigenvalue weighted by Gasteiger charge is -2.15. The van der Waals surface area contributed by atoms with Crippen LogP contribution in [0.3, 0.4) is 0 Å². The molecular weight excluding hydrogens is 344 g/mol. The largest absolute Gasteiger partial charge is 0.329 e. The summed E-state index contributed by atoms with van der Waals surface area (Å²) in [7, 11) is 0. The summed E-state index contributed by atoms with van der Waals surface area (Å²) < 4.78 is 1.30. The number of nitrogens with one attached hydrogen (secondary N) is 1. The summed E-state index contributed by atoms with van der Waals surface area (Å²) in [6.45, 7) is 5.59. The molecule has 0 saturated heterocycles. The summed E-state index contributed by atoms with van der Waals surface area (Å²) in [5.74, 6) is -0.434.